The highest BCUT2D eigenvalue weighted by molar-refractivity contribution is 5.34. The van der Waals surface area contributed by atoms with Gasteiger partial charge in [-0.3, -0.25) is 4.90 Å². The lowest BCUT2D eigenvalue weighted by Gasteiger charge is -2.27. The Kier molecular flexibility index (Phi) is 5.32. The molecule has 150 valence electrons. The molecule has 2 unspecified atom stereocenters. The number of methoxy groups -OCH3 is 2. The van der Waals surface area contributed by atoms with Crippen LogP contribution in [-0.4, -0.2) is 49.0 Å². The number of ether oxygens (including phenoxy) is 2. The number of hydrogen-bond donors (Lipinski definition) is 2. The zero-order valence-electron chi connectivity index (χ0n) is 16.5. The van der Waals surface area contributed by atoms with Crippen molar-refractivity contribution in [2.24, 2.45) is 11.8 Å². The standard InChI is InChI=1S/C23H29NO4/c1-27-20-7-3-5-16(9-20)22(25)15-24-13-17-11-23(26,12-18(17)14-24)19-6-4-8-21(10-19)28-2/h3-10,17-18,22,25-26H,11-15H2,1-2H3/t17-,18+,22?,23?. The summed E-state index contributed by atoms with van der Waals surface area (Å²) in [5.74, 6) is 2.45. The Hall–Kier alpha value is -2.08. The first kappa shape index (κ1) is 19.2. The van der Waals surface area contributed by atoms with Crippen molar-refractivity contribution in [2.75, 3.05) is 33.9 Å². The van der Waals surface area contributed by atoms with Gasteiger partial charge in [0, 0.05) is 19.6 Å². The van der Waals surface area contributed by atoms with Crippen LogP contribution in [0.1, 0.15) is 30.1 Å². The highest BCUT2D eigenvalue weighted by Crippen LogP contribution is 2.49. The Morgan fingerprint density at radius 1 is 1.00 bits per heavy atom. The van der Waals surface area contributed by atoms with Crippen LogP contribution in [0.25, 0.3) is 0 Å². The van der Waals surface area contributed by atoms with E-state index in [2.05, 4.69) is 4.90 Å². The lowest BCUT2D eigenvalue weighted by molar-refractivity contribution is 0.0286. The smallest absolute Gasteiger partial charge is 0.119 e. The summed E-state index contributed by atoms with van der Waals surface area (Å²) in [5, 5.41) is 21.9. The second-order valence-electron chi connectivity index (χ2n) is 8.20. The lowest BCUT2D eigenvalue weighted by atomic mass is 9.90. The van der Waals surface area contributed by atoms with Crippen LogP contribution >= 0.6 is 0 Å². The van der Waals surface area contributed by atoms with Gasteiger partial charge in [0.05, 0.1) is 25.9 Å². The number of nitrogens with zero attached hydrogens (tertiary/aromatic N) is 1. The normalized spacial score (nSPS) is 28.1. The van der Waals surface area contributed by atoms with Gasteiger partial charge in [0.2, 0.25) is 0 Å². The highest BCUT2D eigenvalue weighted by Gasteiger charge is 2.49. The summed E-state index contributed by atoms with van der Waals surface area (Å²) in [7, 11) is 3.29. The van der Waals surface area contributed by atoms with Crippen LogP contribution in [0, 0.1) is 11.8 Å². The van der Waals surface area contributed by atoms with Crippen LogP contribution in [0.4, 0.5) is 0 Å². The van der Waals surface area contributed by atoms with Crippen LogP contribution in [0.2, 0.25) is 0 Å². The van der Waals surface area contributed by atoms with Gasteiger partial charge < -0.3 is 19.7 Å². The van der Waals surface area contributed by atoms with Crippen molar-refractivity contribution in [1.29, 1.82) is 0 Å². The van der Waals surface area contributed by atoms with Crippen molar-refractivity contribution in [3.8, 4) is 11.5 Å². The van der Waals surface area contributed by atoms with Crippen LogP contribution < -0.4 is 9.47 Å². The summed E-state index contributed by atoms with van der Waals surface area (Å²) in [4.78, 5) is 2.32. The molecule has 5 nitrogen and oxygen atoms in total. The van der Waals surface area contributed by atoms with E-state index in [1.165, 1.54) is 0 Å². The van der Waals surface area contributed by atoms with Gasteiger partial charge in [0.25, 0.3) is 0 Å². The Labute approximate surface area is 166 Å². The highest BCUT2D eigenvalue weighted by atomic mass is 16.5. The molecule has 4 rings (SSSR count). The second-order valence-corrected chi connectivity index (χ2v) is 8.20. The molecule has 1 saturated carbocycles. The van der Waals surface area contributed by atoms with Crippen molar-refractivity contribution >= 4 is 0 Å². The Morgan fingerprint density at radius 2 is 1.61 bits per heavy atom. The maximum Gasteiger partial charge on any atom is 0.119 e. The van der Waals surface area contributed by atoms with E-state index in [-0.39, 0.29) is 0 Å². The molecule has 2 aromatic rings. The molecule has 0 radical (unpaired) electrons. The van der Waals surface area contributed by atoms with Crippen LogP contribution in [0.3, 0.4) is 0 Å². The van der Waals surface area contributed by atoms with E-state index in [4.69, 9.17) is 9.47 Å². The van der Waals surface area contributed by atoms with E-state index >= 15 is 0 Å². The predicted octanol–water partition coefficient (Wildman–Crippen LogP) is 2.97. The summed E-state index contributed by atoms with van der Waals surface area (Å²) in [6.07, 6.45) is 0.985. The van der Waals surface area contributed by atoms with Gasteiger partial charge in [-0.05, 0) is 60.1 Å². The van der Waals surface area contributed by atoms with E-state index in [0.717, 1.165) is 48.6 Å². The zero-order valence-corrected chi connectivity index (χ0v) is 16.5. The number of fused-ring (bicyclic) bond motifs is 1. The maximum atomic E-state index is 11.3. The minimum atomic E-state index is -0.776. The third-order valence-corrected chi connectivity index (χ3v) is 6.37. The molecule has 2 aromatic carbocycles. The quantitative estimate of drug-likeness (QED) is 0.803. The zero-order chi connectivity index (χ0) is 19.7. The minimum Gasteiger partial charge on any atom is -0.497 e. The molecule has 0 amide bonds. The molecule has 1 aliphatic carbocycles. The molecule has 1 saturated heterocycles. The number of β-amino-alcohol motifs (C(OH)–C–C–N with tert-alkyl or cyclic N) is 1. The van der Waals surface area contributed by atoms with Crippen LogP contribution in [-0.2, 0) is 5.60 Å². The van der Waals surface area contributed by atoms with Crippen molar-refractivity contribution in [1.82, 2.24) is 4.90 Å². The van der Waals surface area contributed by atoms with Gasteiger partial charge >= 0.3 is 0 Å². The van der Waals surface area contributed by atoms with Gasteiger partial charge in [-0.15, -0.1) is 0 Å². The Balaban J connectivity index is 1.38. The summed E-state index contributed by atoms with van der Waals surface area (Å²) in [5.41, 5.74) is 1.05. The van der Waals surface area contributed by atoms with Crippen LogP contribution in [0.15, 0.2) is 48.5 Å². The molecule has 2 fully saturated rings. The minimum absolute atomic E-state index is 0.453. The molecule has 28 heavy (non-hydrogen) atoms. The summed E-state index contributed by atoms with van der Waals surface area (Å²) < 4.78 is 10.6. The molecular weight excluding hydrogens is 354 g/mol. The molecule has 1 heterocycles. The average molecular weight is 383 g/mol. The third kappa shape index (κ3) is 3.75. The lowest BCUT2D eigenvalue weighted by Crippen LogP contribution is -2.31. The molecule has 0 spiro atoms. The van der Waals surface area contributed by atoms with E-state index < -0.39 is 11.7 Å². The summed E-state index contributed by atoms with van der Waals surface area (Å²) in [6, 6.07) is 15.4. The number of likely N-dealkylation sites (tertiary alicyclic amines) is 1. The number of aliphatic hydroxyl groups is 2. The van der Waals surface area contributed by atoms with Crippen molar-refractivity contribution in [3.63, 3.8) is 0 Å². The fourth-order valence-electron chi connectivity index (χ4n) is 4.95. The molecule has 0 aromatic heterocycles. The number of benzene rings is 2. The van der Waals surface area contributed by atoms with E-state index in [1.54, 1.807) is 14.2 Å². The predicted molar refractivity (Wildman–Crippen MR) is 107 cm³/mol. The molecule has 0 bridgehead atoms. The largest absolute Gasteiger partial charge is 0.497 e. The van der Waals surface area contributed by atoms with Crippen molar-refractivity contribution < 1.29 is 19.7 Å². The van der Waals surface area contributed by atoms with Gasteiger partial charge in [-0.1, -0.05) is 24.3 Å². The first-order chi connectivity index (χ1) is 13.5. The molecule has 4 atom stereocenters. The van der Waals surface area contributed by atoms with Crippen molar-refractivity contribution in [3.05, 3.63) is 59.7 Å². The molecule has 5 heteroatoms. The Morgan fingerprint density at radius 3 is 2.25 bits per heavy atom. The van der Waals surface area contributed by atoms with Gasteiger partial charge in [-0.2, -0.15) is 0 Å². The summed E-state index contributed by atoms with van der Waals surface area (Å²) >= 11 is 0. The number of hydrogen-bond acceptors (Lipinski definition) is 5. The molecule has 1 aliphatic heterocycles. The SMILES string of the molecule is COc1cccc(C(O)CN2C[C@@H]3CC(O)(c4cccc(OC)c4)C[C@@H]3C2)c1. The van der Waals surface area contributed by atoms with Crippen molar-refractivity contribution in [2.45, 2.75) is 24.5 Å². The monoisotopic (exact) mass is 383 g/mol. The molecule has 2 aliphatic rings. The van der Waals surface area contributed by atoms with Gasteiger partial charge in [0.1, 0.15) is 11.5 Å². The van der Waals surface area contributed by atoms with Gasteiger partial charge in [0.15, 0.2) is 0 Å². The number of aliphatic hydroxyl groups excluding tert-OH is 1. The average Bonchev–Trinajstić information content (AvgIpc) is 3.22. The van der Waals surface area contributed by atoms with E-state index in [0.29, 0.717) is 18.4 Å². The second kappa shape index (κ2) is 7.74. The Bertz CT molecular complexity index is 810. The topological polar surface area (TPSA) is 62.2 Å². The van der Waals surface area contributed by atoms with E-state index in [1.807, 2.05) is 48.5 Å². The van der Waals surface area contributed by atoms with Crippen LogP contribution in [0.5, 0.6) is 11.5 Å². The maximum absolute atomic E-state index is 11.3. The van der Waals surface area contributed by atoms with Gasteiger partial charge in [-0.25, -0.2) is 0 Å². The first-order valence-corrected chi connectivity index (χ1v) is 9.92. The van der Waals surface area contributed by atoms with E-state index in [9.17, 15) is 10.2 Å². The number of rotatable bonds is 6. The molecule has 2 N–H and O–H groups in total. The first-order valence-electron chi connectivity index (χ1n) is 9.92. The molecular formula is C23H29NO4. The fourth-order valence-corrected chi connectivity index (χ4v) is 4.95. The fraction of sp³-hybridized carbons (Fsp3) is 0.478. The summed E-state index contributed by atoms with van der Waals surface area (Å²) in [6.45, 7) is 2.44. The third-order valence-electron chi connectivity index (χ3n) is 6.37.